The van der Waals surface area contributed by atoms with Crippen molar-refractivity contribution in [3.63, 3.8) is 0 Å². The molecule has 0 saturated heterocycles. The van der Waals surface area contributed by atoms with Crippen LogP contribution in [-0.4, -0.2) is 27.3 Å². The second-order valence-corrected chi connectivity index (χ2v) is 4.98. The van der Waals surface area contributed by atoms with E-state index in [9.17, 15) is 13.6 Å². The Morgan fingerprint density at radius 1 is 1.30 bits per heavy atom. The van der Waals surface area contributed by atoms with Crippen molar-refractivity contribution in [2.45, 2.75) is 18.9 Å². The van der Waals surface area contributed by atoms with Gasteiger partial charge in [-0.05, 0) is 5.56 Å². The van der Waals surface area contributed by atoms with Gasteiger partial charge in [-0.3, -0.25) is 0 Å². The van der Waals surface area contributed by atoms with E-state index in [4.69, 9.17) is 5.11 Å². The molecule has 0 aliphatic carbocycles. The molecular weight excluding hydrogens is 288 g/mol. The Balaban J connectivity index is 2.07. The highest BCUT2D eigenvalue weighted by atomic mass is 32.1. The van der Waals surface area contributed by atoms with Crippen molar-refractivity contribution >= 4 is 22.4 Å². The number of benzene rings is 1. The molecule has 0 radical (unpaired) electrons. The number of nitrogens with one attached hydrogen (secondary N) is 1. The maximum atomic E-state index is 12.4. The zero-order chi connectivity index (χ0) is 14.5. The highest BCUT2D eigenvalue weighted by Gasteiger charge is 2.21. The lowest BCUT2D eigenvalue weighted by Gasteiger charge is -2.13. The Bertz CT molecular complexity index is 577. The maximum Gasteiger partial charge on any atom is 0.326 e. The Labute approximate surface area is 117 Å². The number of hydrogen-bond donors (Lipinski definition) is 2. The number of alkyl halides is 2. The predicted octanol–water partition coefficient (Wildman–Crippen LogP) is 2.58. The van der Waals surface area contributed by atoms with Crippen LogP contribution in [0, 0.1) is 0 Å². The molecule has 0 saturated carbocycles. The number of rotatable bonds is 6. The quantitative estimate of drug-likeness (QED) is 0.857. The third-order valence-corrected chi connectivity index (χ3v) is 3.37. The van der Waals surface area contributed by atoms with Crippen LogP contribution in [-0.2, 0) is 11.2 Å². The summed E-state index contributed by atoms with van der Waals surface area (Å²) in [5.74, 6) is -1.08. The molecule has 2 aromatic rings. The minimum Gasteiger partial charge on any atom is -0.480 e. The Morgan fingerprint density at radius 3 is 2.55 bits per heavy atom. The molecule has 5 nitrogen and oxygen atoms in total. The predicted molar refractivity (Wildman–Crippen MR) is 70.1 cm³/mol. The molecule has 1 aromatic heterocycles. The van der Waals surface area contributed by atoms with Crippen LogP contribution < -0.4 is 5.32 Å². The zero-order valence-electron chi connectivity index (χ0n) is 10.2. The number of carbonyl (C=O) groups is 1. The van der Waals surface area contributed by atoms with Crippen molar-refractivity contribution in [3.8, 4) is 0 Å². The summed E-state index contributed by atoms with van der Waals surface area (Å²) >= 11 is 0.651. The molecule has 106 valence electrons. The number of carboxylic acid groups (broad SMARTS) is 1. The van der Waals surface area contributed by atoms with E-state index in [1.165, 1.54) is 0 Å². The van der Waals surface area contributed by atoms with E-state index in [0.29, 0.717) is 11.3 Å². The van der Waals surface area contributed by atoms with Crippen LogP contribution in [0.3, 0.4) is 0 Å². The lowest BCUT2D eigenvalue weighted by Crippen LogP contribution is -2.31. The average Bonchev–Trinajstić information content (AvgIpc) is 2.88. The summed E-state index contributed by atoms with van der Waals surface area (Å²) in [5, 5.41) is 18.2. The van der Waals surface area contributed by atoms with Crippen LogP contribution >= 0.6 is 11.3 Å². The van der Waals surface area contributed by atoms with Gasteiger partial charge in [0, 0.05) is 6.42 Å². The van der Waals surface area contributed by atoms with E-state index in [1.54, 1.807) is 24.3 Å². The van der Waals surface area contributed by atoms with E-state index in [2.05, 4.69) is 15.5 Å². The van der Waals surface area contributed by atoms with Crippen LogP contribution in [0.15, 0.2) is 30.3 Å². The summed E-state index contributed by atoms with van der Waals surface area (Å²) in [6.07, 6.45) is -2.49. The molecule has 1 atom stereocenters. The van der Waals surface area contributed by atoms with Crippen LogP contribution in [0.5, 0.6) is 0 Å². The van der Waals surface area contributed by atoms with E-state index in [0.717, 1.165) is 5.56 Å². The van der Waals surface area contributed by atoms with Crippen LogP contribution in [0.4, 0.5) is 13.9 Å². The Hall–Kier alpha value is -2.09. The normalized spacial score (nSPS) is 12.3. The Kier molecular flexibility index (Phi) is 4.57. The number of anilines is 1. The monoisotopic (exact) mass is 299 g/mol. The molecule has 8 heteroatoms. The van der Waals surface area contributed by atoms with Gasteiger partial charge in [0.15, 0.2) is 5.01 Å². The third kappa shape index (κ3) is 3.70. The molecule has 1 heterocycles. The number of carboxylic acids is 1. The number of hydrogen-bond acceptors (Lipinski definition) is 5. The zero-order valence-corrected chi connectivity index (χ0v) is 11.0. The number of aromatic nitrogens is 2. The second-order valence-electron chi connectivity index (χ2n) is 3.97. The van der Waals surface area contributed by atoms with Gasteiger partial charge in [-0.15, -0.1) is 10.2 Å². The fourth-order valence-electron chi connectivity index (χ4n) is 1.58. The van der Waals surface area contributed by atoms with Gasteiger partial charge in [0.1, 0.15) is 6.04 Å². The van der Waals surface area contributed by atoms with Crippen molar-refractivity contribution < 1.29 is 18.7 Å². The van der Waals surface area contributed by atoms with Gasteiger partial charge in [-0.2, -0.15) is 0 Å². The lowest BCUT2D eigenvalue weighted by atomic mass is 10.1. The molecule has 2 N–H and O–H groups in total. The molecular formula is C12H11F2N3O2S. The van der Waals surface area contributed by atoms with Crippen LogP contribution in [0.2, 0.25) is 0 Å². The molecule has 20 heavy (non-hydrogen) atoms. The standard InChI is InChI=1S/C12H11F2N3O2S/c13-9(14)10-16-17-12(20-10)15-8(11(18)19)6-7-4-2-1-3-5-7/h1-5,8-9H,6H2,(H,15,17)(H,18,19)/t8-/m1/s1. The molecule has 1 aromatic carbocycles. The molecule has 0 amide bonds. The van der Waals surface area contributed by atoms with Gasteiger partial charge < -0.3 is 10.4 Å². The molecule has 2 rings (SSSR count). The summed E-state index contributed by atoms with van der Waals surface area (Å²) in [5.41, 5.74) is 0.825. The molecule has 0 spiro atoms. The smallest absolute Gasteiger partial charge is 0.326 e. The summed E-state index contributed by atoms with van der Waals surface area (Å²) < 4.78 is 24.8. The van der Waals surface area contributed by atoms with Gasteiger partial charge in [0.2, 0.25) is 5.13 Å². The van der Waals surface area contributed by atoms with Gasteiger partial charge in [-0.1, -0.05) is 41.7 Å². The largest absolute Gasteiger partial charge is 0.480 e. The second kappa shape index (κ2) is 6.38. The van der Waals surface area contributed by atoms with Gasteiger partial charge >= 0.3 is 5.97 Å². The van der Waals surface area contributed by atoms with Gasteiger partial charge in [0.25, 0.3) is 6.43 Å². The third-order valence-electron chi connectivity index (χ3n) is 2.51. The van der Waals surface area contributed by atoms with Gasteiger partial charge in [-0.25, -0.2) is 13.6 Å². The van der Waals surface area contributed by atoms with E-state index < -0.39 is 23.4 Å². The summed E-state index contributed by atoms with van der Waals surface area (Å²) in [6, 6.07) is 8.06. The first-order valence-corrected chi connectivity index (χ1v) is 6.52. The molecule has 0 aliphatic rings. The first kappa shape index (κ1) is 14.3. The maximum absolute atomic E-state index is 12.4. The molecule has 0 bridgehead atoms. The minimum absolute atomic E-state index is 0.0728. The molecule has 0 aliphatic heterocycles. The lowest BCUT2D eigenvalue weighted by molar-refractivity contribution is -0.137. The van der Waals surface area contributed by atoms with Crippen molar-refractivity contribution in [1.82, 2.24) is 10.2 Å². The summed E-state index contributed by atoms with van der Waals surface area (Å²) in [7, 11) is 0. The van der Waals surface area contributed by atoms with E-state index in [-0.39, 0.29) is 11.6 Å². The highest BCUT2D eigenvalue weighted by Crippen LogP contribution is 2.25. The van der Waals surface area contributed by atoms with Crippen LogP contribution in [0.1, 0.15) is 17.0 Å². The first-order chi connectivity index (χ1) is 9.56. The Morgan fingerprint density at radius 2 is 2.00 bits per heavy atom. The number of nitrogens with zero attached hydrogens (tertiary/aromatic N) is 2. The fourth-order valence-corrected chi connectivity index (χ4v) is 2.23. The topological polar surface area (TPSA) is 75.1 Å². The average molecular weight is 299 g/mol. The van der Waals surface area contributed by atoms with Crippen molar-refractivity contribution in [2.24, 2.45) is 0 Å². The van der Waals surface area contributed by atoms with Crippen molar-refractivity contribution in [3.05, 3.63) is 40.9 Å². The SMILES string of the molecule is O=C(O)[C@@H](Cc1ccccc1)Nc1nnc(C(F)F)s1. The first-order valence-electron chi connectivity index (χ1n) is 5.71. The van der Waals surface area contributed by atoms with Gasteiger partial charge in [0.05, 0.1) is 0 Å². The minimum atomic E-state index is -2.71. The molecule has 0 fully saturated rings. The van der Waals surface area contributed by atoms with E-state index in [1.807, 2.05) is 6.07 Å². The highest BCUT2D eigenvalue weighted by molar-refractivity contribution is 7.15. The van der Waals surface area contributed by atoms with Crippen LogP contribution in [0.25, 0.3) is 0 Å². The molecule has 0 unspecified atom stereocenters. The summed E-state index contributed by atoms with van der Waals surface area (Å²) in [6.45, 7) is 0. The number of aliphatic carboxylic acids is 1. The fraction of sp³-hybridized carbons (Fsp3) is 0.250. The number of halogens is 2. The summed E-state index contributed by atoms with van der Waals surface area (Å²) in [4.78, 5) is 11.2. The van der Waals surface area contributed by atoms with Crippen molar-refractivity contribution in [2.75, 3.05) is 5.32 Å². The van der Waals surface area contributed by atoms with E-state index >= 15 is 0 Å². The van der Waals surface area contributed by atoms with Crippen molar-refractivity contribution in [1.29, 1.82) is 0 Å².